The van der Waals surface area contributed by atoms with Crippen LogP contribution < -0.4 is 18.9 Å². The van der Waals surface area contributed by atoms with Crippen LogP contribution in [-0.2, 0) is 16.1 Å². The summed E-state index contributed by atoms with van der Waals surface area (Å²) in [5, 5.41) is 9.39. The van der Waals surface area contributed by atoms with Gasteiger partial charge in [0.15, 0.2) is 18.1 Å². The van der Waals surface area contributed by atoms with E-state index in [1.807, 2.05) is 6.07 Å². The zero-order chi connectivity index (χ0) is 23.2. The Bertz CT molecular complexity index is 943. The first-order chi connectivity index (χ1) is 14.6. The SMILES string of the molecule is COc1cc(C(=O)O)c(C)c(OC)c1OCc1cccc(OCC(=O)OC(C)(C)C)c1. The highest BCUT2D eigenvalue weighted by Gasteiger charge is 2.22. The van der Waals surface area contributed by atoms with E-state index < -0.39 is 17.5 Å². The third kappa shape index (κ3) is 6.53. The first-order valence-electron chi connectivity index (χ1n) is 9.61. The summed E-state index contributed by atoms with van der Waals surface area (Å²) in [6.07, 6.45) is 0. The van der Waals surface area contributed by atoms with Gasteiger partial charge in [-0.3, -0.25) is 0 Å². The highest BCUT2D eigenvalue weighted by molar-refractivity contribution is 5.91. The van der Waals surface area contributed by atoms with Crippen LogP contribution in [0.15, 0.2) is 30.3 Å². The number of rotatable bonds is 9. The molecule has 0 aromatic heterocycles. The standard InChI is InChI=1S/C23H28O8/c1-14-17(22(25)26)11-18(27-5)21(20(14)28-6)30-12-15-8-7-9-16(10-15)29-13-19(24)31-23(2,3)4/h7-11H,12-13H2,1-6H3,(H,25,26). The van der Waals surface area contributed by atoms with Crippen LogP contribution in [0.25, 0.3) is 0 Å². The molecule has 0 spiro atoms. The molecule has 2 aromatic carbocycles. The van der Waals surface area contributed by atoms with Crippen LogP contribution in [-0.4, -0.2) is 43.5 Å². The summed E-state index contributed by atoms with van der Waals surface area (Å²) < 4.78 is 27.3. The Morgan fingerprint density at radius 1 is 1.00 bits per heavy atom. The molecule has 0 fully saturated rings. The average Bonchev–Trinajstić information content (AvgIpc) is 2.69. The summed E-state index contributed by atoms with van der Waals surface area (Å²) in [4.78, 5) is 23.3. The van der Waals surface area contributed by atoms with E-state index in [1.165, 1.54) is 20.3 Å². The van der Waals surface area contributed by atoms with Crippen molar-refractivity contribution in [1.82, 2.24) is 0 Å². The van der Waals surface area contributed by atoms with Crippen molar-refractivity contribution in [2.45, 2.75) is 39.9 Å². The molecule has 0 heterocycles. The highest BCUT2D eigenvalue weighted by atomic mass is 16.6. The number of esters is 1. The first kappa shape index (κ1) is 23.9. The quantitative estimate of drug-likeness (QED) is 0.593. The van der Waals surface area contributed by atoms with Crippen molar-refractivity contribution in [3.05, 3.63) is 47.0 Å². The molecule has 8 heteroatoms. The van der Waals surface area contributed by atoms with Gasteiger partial charge in [-0.25, -0.2) is 9.59 Å². The minimum absolute atomic E-state index is 0.0681. The summed E-state index contributed by atoms with van der Waals surface area (Å²) in [6, 6.07) is 8.46. The highest BCUT2D eigenvalue weighted by Crippen LogP contribution is 2.42. The predicted octanol–water partition coefficient (Wildman–Crippen LogP) is 4.01. The van der Waals surface area contributed by atoms with Crippen LogP contribution in [0.1, 0.15) is 42.3 Å². The monoisotopic (exact) mass is 432 g/mol. The maximum absolute atomic E-state index is 11.8. The fourth-order valence-electron chi connectivity index (χ4n) is 2.86. The van der Waals surface area contributed by atoms with Gasteiger partial charge in [0.2, 0.25) is 5.75 Å². The Morgan fingerprint density at radius 3 is 2.29 bits per heavy atom. The van der Waals surface area contributed by atoms with Crippen LogP contribution in [0.2, 0.25) is 0 Å². The van der Waals surface area contributed by atoms with Gasteiger partial charge in [-0.2, -0.15) is 0 Å². The molecular weight excluding hydrogens is 404 g/mol. The molecular formula is C23H28O8. The van der Waals surface area contributed by atoms with E-state index in [2.05, 4.69) is 0 Å². The number of carbonyl (C=O) groups excluding carboxylic acids is 1. The molecule has 2 rings (SSSR count). The second-order valence-electron chi connectivity index (χ2n) is 7.73. The number of carboxylic acids is 1. The zero-order valence-corrected chi connectivity index (χ0v) is 18.6. The van der Waals surface area contributed by atoms with Gasteiger partial charge in [0, 0.05) is 5.56 Å². The van der Waals surface area contributed by atoms with Crippen molar-refractivity contribution < 1.29 is 38.4 Å². The lowest BCUT2D eigenvalue weighted by molar-refractivity contribution is -0.157. The van der Waals surface area contributed by atoms with E-state index in [0.717, 1.165) is 5.56 Å². The van der Waals surface area contributed by atoms with Crippen molar-refractivity contribution >= 4 is 11.9 Å². The molecule has 0 aliphatic carbocycles. The van der Waals surface area contributed by atoms with Gasteiger partial charge in [-0.1, -0.05) is 12.1 Å². The number of hydrogen-bond acceptors (Lipinski definition) is 7. The van der Waals surface area contributed by atoms with Crippen molar-refractivity contribution in [3.63, 3.8) is 0 Å². The average molecular weight is 432 g/mol. The van der Waals surface area contributed by atoms with E-state index in [4.69, 9.17) is 23.7 Å². The maximum Gasteiger partial charge on any atom is 0.344 e. The van der Waals surface area contributed by atoms with Crippen molar-refractivity contribution in [2.75, 3.05) is 20.8 Å². The molecule has 0 unspecified atom stereocenters. The molecule has 8 nitrogen and oxygen atoms in total. The van der Waals surface area contributed by atoms with Crippen LogP contribution in [0.3, 0.4) is 0 Å². The van der Waals surface area contributed by atoms with Gasteiger partial charge < -0.3 is 28.8 Å². The van der Waals surface area contributed by atoms with E-state index in [9.17, 15) is 14.7 Å². The minimum atomic E-state index is -1.09. The van der Waals surface area contributed by atoms with Gasteiger partial charge in [-0.15, -0.1) is 0 Å². The Labute approximate surface area is 181 Å². The number of methoxy groups -OCH3 is 2. The molecule has 0 bridgehead atoms. The number of hydrogen-bond donors (Lipinski definition) is 1. The minimum Gasteiger partial charge on any atom is -0.493 e. The molecule has 0 aliphatic heterocycles. The molecule has 0 saturated carbocycles. The van der Waals surface area contributed by atoms with Crippen molar-refractivity contribution in [1.29, 1.82) is 0 Å². The smallest absolute Gasteiger partial charge is 0.344 e. The molecule has 0 radical (unpaired) electrons. The van der Waals surface area contributed by atoms with Gasteiger partial charge in [0.05, 0.1) is 19.8 Å². The van der Waals surface area contributed by atoms with Crippen LogP contribution in [0, 0.1) is 6.92 Å². The Morgan fingerprint density at radius 2 is 1.71 bits per heavy atom. The van der Waals surface area contributed by atoms with Crippen LogP contribution in [0.4, 0.5) is 0 Å². The lowest BCUT2D eigenvalue weighted by Gasteiger charge is -2.19. The van der Waals surface area contributed by atoms with Crippen molar-refractivity contribution in [2.24, 2.45) is 0 Å². The number of benzene rings is 2. The van der Waals surface area contributed by atoms with Gasteiger partial charge in [0.25, 0.3) is 0 Å². The molecule has 2 aromatic rings. The number of carbonyl (C=O) groups is 2. The summed E-state index contributed by atoms with van der Waals surface area (Å²) in [6.45, 7) is 6.93. The van der Waals surface area contributed by atoms with E-state index >= 15 is 0 Å². The van der Waals surface area contributed by atoms with Gasteiger partial charge in [0.1, 0.15) is 18.0 Å². The third-order valence-electron chi connectivity index (χ3n) is 4.16. The molecule has 0 amide bonds. The summed E-state index contributed by atoms with van der Waals surface area (Å²) >= 11 is 0. The second kappa shape index (κ2) is 10.1. The van der Waals surface area contributed by atoms with Crippen LogP contribution in [0.5, 0.6) is 23.0 Å². The fourth-order valence-corrected chi connectivity index (χ4v) is 2.86. The molecule has 0 saturated heterocycles. The van der Waals surface area contributed by atoms with Crippen molar-refractivity contribution in [3.8, 4) is 23.0 Å². The molecule has 0 aliphatic rings. The maximum atomic E-state index is 11.8. The normalized spacial score (nSPS) is 10.9. The van der Waals surface area contributed by atoms with E-state index in [-0.39, 0.29) is 30.3 Å². The molecule has 1 N–H and O–H groups in total. The lowest BCUT2D eigenvalue weighted by atomic mass is 10.1. The largest absolute Gasteiger partial charge is 0.493 e. The summed E-state index contributed by atoms with van der Waals surface area (Å²) in [7, 11) is 2.86. The lowest BCUT2D eigenvalue weighted by Crippen LogP contribution is -2.27. The number of ether oxygens (including phenoxy) is 5. The third-order valence-corrected chi connectivity index (χ3v) is 4.16. The van der Waals surface area contributed by atoms with Crippen LogP contribution >= 0.6 is 0 Å². The Kier molecular flexibility index (Phi) is 7.74. The predicted molar refractivity (Wildman–Crippen MR) is 113 cm³/mol. The fraction of sp³-hybridized carbons (Fsp3) is 0.391. The number of aromatic carboxylic acids is 1. The second-order valence-corrected chi connectivity index (χ2v) is 7.73. The van der Waals surface area contributed by atoms with Gasteiger partial charge in [-0.05, 0) is 51.5 Å². The summed E-state index contributed by atoms with van der Waals surface area (Å²) in [5.41, 5.74) is 0.687. The topological polar surface area (TPSA) is 101 Å². The molecule has 31 heavy (non-hydrogen) atoms. The van der Waals surface area contributed by atoms with Gasteiger partial charge >= 0.3 is 11.9 Å². The van der Waals surface area contributed by atoms with E-state index in [0.29, 0.717) is 17.1 Å². The summed E-state index contributed by atoms with van der Waals surface area (Å²) in [5.74, 6) is -0.227. The number of carboxylic acid groups (broad SMARTS) is 1. The molecule has 168 valence electrons. The first-order valence-corrected chi connectivity index (χ1v) is 9.61. The molecule has 0 atom stereocenters. The zero-order valence-electron chi connectivity index (χ0n) is 18.6. The Balaban J connectivity index is 2.15. The van der Waals surface area contributed by atoms with E-state index in [1.54, 1.807) is 45.9 Å². The Hall–Kier alpha value is -3.42.